The third-order valence-corrected chi connectivity index (χ3v) is 4.59. The molecule has 0 unspecified atom stereocenters. The van der Waals surface area contributed by atoms with Crippen molar-refractivity contribution < 1.29 is 23.7 Å². The molecule has 2 heterocycles. The van der Waals surface area contributed by atoms with Crippen LogP contribution in [0.5, 0.6) is 23.4 Å². The van der Waals surface area contributed by atoms with E-state index in [1.807, 2.05) is 0 Å². The first-order chi connectivity index (χ1) is 14.1. The molecular weight excluding hydrogens is 378 g/mol. The number of nitrogens with one attached hydrogen (secondary N) is 1. The van der Waals surface area contributed by atoms with Crippen LogP contribution < -0.4 is 29.2 Å². The van der Waals surface area contributed by atoms with Gasteiger partial charge in [-0.15, -0.1) is 0 Å². The van der Waals surface area contributed by atoms with Crippen LogP contribution in [-0.4, -0.2) is 75.5 Å². The topological polar surface area (TPSA) is 98.3 Å². The molecule has 1 aromatic carbocycles. The highest BCUT2D eigenvalue weighted by Gasteiger charge is 2.23. The Labute approximate surface area is 169 Å². The predicted molar refractivity (Wildman–Crippen MR) is 107 cm³/mol. The molecule has 1 aliphatic rings. The van der Waals surface area contributed by atoms with Crippen molar-refractivity contribution in [1.82, 2.24) is 14.9 Å². The van der Waals surface area contributed by atoms with Gasteiger partial charge in [-0.25, -0.2) is 4.79 Å². The van der Waals surface area contributed by atoms with E-state index >= 15 is 0 Å². The van der Waals surface area contributed by atoms with Gasteiger partial charge in [0.2, 0.25) is 5.88 Å². The molecule has 10 heteroatoms. The number of carbonyl (C=O) groups is 1. The van der Waals surface area contributed by atoms with Gasteiger partial charge in [-0.05, 0) is 12.1 Å². The summed E-state index contributed by atoms with van der Waals surface area (Å²) in [5.74, 6) is 2.30. The van der Waals surface area contributed by atoms with E-state index in [4.69, 9.17) is 18.9 Å². The van der Waals surface area contributed by atoms with Crippen molar-refractivity contribution in [2.45, 2.75) is 0 Å². The molecule has 2 aromatic rings. The van der Waals surface area contributed by atoms with E-state index in [0.29, 0.717) is 55.1 Å². The molecule has 0 atom stereocenters. The van der Waals surface area contributed by atoms with Crippen LogP contribution in [-0.2, 0) is 0 Å². The zero-order chi connectivity index (χ0) is 20.8. The third kappa shape index (κ3) is 4.71. The maximum Gasteiger partial charge on any atom is 0.321 e. The van der Waals surface area contributed by atoms with Crippen molar-refractivity contribution in [2.24, 2.45) is 0 Å². The Morgan fingerprint density at radius 1 is 0.897 bits per heavy atom. The molecule has 2 amide bonds. The van der Waals surface area contributed by atoms with Gasteiger partial charge in [-0.2, -0.15) is 9.97 Å². The summed E-state index contributed by atoms with van der Waals surface area (Å²) in [5, 5.41) is 2.90. The Kier molecular flexibility index (Phi) is 6.43. The number of nitrogens with zero attached hydrogens (tertiary/aromatic N) is 4. The maximum atomic E-state index is 12.6. The number of carbonyl (C=O) groups excluding carboxylic acids is 1. The van der Waals surface area contributed by atoms with Crippen LogP contribution in [0, 0.1) is 0 Å². The SMILES string of the molecule is COc1cc(N2CCN(C(=O)Nc3ccc(OC)c(OC)c3)CC2)nc(OC)n1. The second-order valence-electron chi connectivity index (χ2n) is 6.23. The number of hydrogen-bond donors (Lipinski definition) is 1. The molecule has 0 radical (unpaired) electrons. The fraction of sp³-hybridized carbons (Fsp3) is 0.421. The number of ether oxygens (including phenoxy) is 4. The average molecular weight is 403 g/mol. The molecule has 29 heavy (non-hydrogen) atoms. The van der Waals surface area contributed by atoms with Crippen molar-refractivity contribution in [2.75, 3.05) is 64.8 Å². The lowest BCUT2D eigenvalue weighted by Gasteiger charge is -2.35. The zero-order valence-electron chi connectivity index (χ0n) is 17.0. The third-order valence-electron chi connectivity index (χ3n) is 4.59. The van der Waals surface area contributed by atoms with Gasteiger partial charge in [-0.1, -0.05) is 0 Å². The smallest absolute Gasteiger partial charge is 0.321 e. The molecule has 0 saturated carbocycles. The van der Waals surface area contributed by atoms with Gasteiger partial charge in [0.05, 0.1) is 28.4 Å². The first-order valence-corrected chi connectivity index (χ1v) is 9.08. The largest absolute Gasteiger partial charge is 0.493 e. The quantitative estimate of drug-likeness (QED) is 0.781. The fourth-order valence-electron chi connectivity index (χ4n) is 3.01. The van der Waals surface area contributed by atoms with Crippen LogP contribution in [0.1, 0.15) is 0 Å². The normalized spacial score (nSPS) is 13.7. The Hall–Kier alpha value is -3.43. The van der Waals surface area contributed by atoms with Crippen LogP contribution >= 0.6 is 0 Å². The molecule has 1 saturated heterocycles. The Morgan fingerprint density at radius 3 is 2.24 bits per heavy atom. The van der Waals surface area contributed by atoms with E-state index in [2.05, 4.69) is 20.2 Å². The second-order valence-corrected chi connectivity index (χ2v) is 6.23. The standard InChI is InChI=1S/C19H25N5O5/c1-26-14-6-5-13(11-15(14)27-2)20-19(25)24-9-7-23(8-10-24)16-12-17(28-3)22-18(21-16)29-4/h5-6,11-12H,7-10H2,1-4H3,(H,20,25). The second kappa shape index (κ2) is 9.18. The highest BCUT2D eigenvalue weighted by atomic mass is 16.5. The van der Waals surface area contributed by atoms with Gasteiger partial charge in [0.1, 0.15) is 5.82 Å². The Balaban J connectivity index is 1.61. The van der Waals surface area contributed by atoms with E-state index in [-0.39, 0.29) is 12.0 Å². The van der Waals surface area contributed by atoms with Gasteiger partial charge >= 0.3 is 12.0 Å². The molecule has 0 spiro atoms. The van der Waals surface area contributed by atoms with E-state index in [1.165, 1.54) is 7.11 Å². The van der Waals surface area contributed by atoms with Crippen LogP contribution in [0.15, 0.2) is 24.3 Å². The van der Waals surface area contributed by atoms with E-state index < -0.39 is 0 Å². The lowest BCUT2D eigenvalue weighted by atomic mass is 10.2. The number of benzene rings is 1. The van der Waals surface area contributed by atoms with Crippen molar-refractivity contribution in [3.05, 3.63) is 24.3 Å². The van der Waals surface area contributed by atoms with Gasteiger partial charge < -0.3 is 34.1 Å². The van der Waals surface area contributed by atoms with Crippen LogP contribution in [0.3, 0.4) is 0 Å². The summed E-state index contributed by atoms with van der Waals surface area (Å²) in [6.07, 6.45) is 0. The Bertz CT molecular complexity index is 833. The first-order valence-electron chi connectivity index (χ1n) is 9.08. The maximum absolute atomic E-state index is 12.6. The highest BCUT2D eigenvalue weighted by molar-refractivity contribution is 5.90. The number of amides is 2. The molecule has 1 fully saturated rings. The molecule has 10 nitrogen and oxygen atoms in total. The van der Waals surface area contributed by atoms with Gasteiger partial charge in [0.15, 0.2) is 11.5 Å². The molecule has 0 bridgehead atoms. The number of piperazine rings is 1. The van der Waals surface area contributed by atoms with Crippen molar-refractivity contribution >= 4 is 17.5 Å². The van der Waals surface area contributed by atoms with Crippen LogP contribution in [0.25, 0.3) is 0 Å². The summed E-state index contributed by atoms with van der Waals surface area (Å²) in [6.45, 7) is 2.35. The van der Waals surface area contributed by atoms with Gasteiger partial charge in [-0.3, -0.25) is 0 Å². The van der Waals surface area contributed by atoms with Crippen molar-refractivity contribution in [3.63, 3.8) is 0 Å². The number of methoxy groups -OCH3 is 4. The molecule has 0 aliphatic carbocycles. The zero-order valence-corrected chi connectivity index (χ0v) is 17.0. The number of hydrogen-bond acceptors (Lipinski definition) is 8. The summed E-state index contributed by atoms with van der Waals surface area (Å²) in [6, 6.07) is 7.08. The lowest BCUT2D eigenvalue weighted by Crippen LogP contribution is -2.50. The molecular formula is C19H25N5O5. The molecule has 1 N–H and O–H groups in total. The molecule has 1 aromatic heterocycles. The highest BCUT2D eigenvalue weighted by Crippen LogP contribution is 2.30. The molecule has 3 rings (SSSR count). The number of rotatable bonds is 6. The van der Waals surface area contributed by atoms with E-state index in [9.17, 15) is 4.79 Å². The van der Waals surface area contributed by atoms with Gasteiger partial charge in [0, 0.05) is 44.0 Å². The molecule has 156 valence electrons. The Morgan fingerprint density at radius 2 is 1.62 bits per heavy atom. The summed E-state index contributed by atoms with van der Waals surface area (Å²) in [5.41, 5.74) is 0.639. The number of anilines is 2. The van der Waals surface area contributed by atoms with Crippen LogP contribution in [0.2, 0.25) is 0 Å². The predicted octanol–water partition coefficient (Wildman–Crippen LogP) is 1.87. The van der Waals surface area contributed by atoms with Crippen molar-refractivity contribution in [1.29, 1.82) is 0 Å². The summed E-state index contributed by atoms with van der Waals surface area (Å²) in [4.78, 5) is 24.9. The minimum Gasteiger partial charge on any atom is -0.493 e. The molecule has 1 aliphatic heterocycles. The summed E-state index contributed by atoms with van der Waals surface area (Å²) < 4.78 is 20.8. The number of urea groups is 1. The van der Waals surface area contributed by atoms with E-state index in [0.717, 1.165) is 0 Å². The van der Waals surface area contributed by atoms with Crippen molar-refractivity contribution in [3.8, 4) is 23.4 Å². The van der Waals surface area contributed by atoms with Gasteiger partial charge in [0.25, 0.3) is 0 Å². The minimum absolute atomic E-state index is 0.172. The minimum atomic E-state index is -0.172. The number of aromatic nitrogens is 2. The summed E-state index contributed by atoms with van der Waals surface area (Å²) in [7, 11) is 6.18. The van der Waals surface area contributed by atoms with Crippen LogP contribution in [0.4, 0.5) is 16.3 Å². The lowest BCUT2D eigenvalue weighted by molar-refractivity contribution is 0.208. The summed E-state index contributed by atoms with van der Waals surface area (Å²) >= 11 is 0. The monoisotopic (exact) mass is 403 g/mol. The average Bonchev–Trinajstić information content (AvgIpc) is 2.78. The fourth-order valence-corrected chi connectivity index (χ4v) is 3.01. The first kappa shape index (κ1) is 20.3. The van der Waals surface area contributed by atoms with E-state index in [1.54, 1.807) is 50.5 Å².